The van der Waals surface area contributed by atoms with E-state index in [1.165, 1.54) is 26.7 Å². The minimum Gasteiger partial charge on any atom is -0.345 e. The summed E-state index contributed by atoms with van der Waals surface area (Å²) in [4.78, 5) is 22.0. The first-order chi connectivity index (χ1) is 15.7. The van der Waals surface area contributed by atoms with Gasteiger partial charge in [0, 0.05) is 44.8 Å². The lowest BCUT2D eigenvalue weighted by Crippen LogP contribution is -2.48. The smallest absolute Gasteiger partial charge is 0.253 e. The number of carbonyl (C=O) groups excluding carboxylic acids is 1. The van der Waals surface area contributed by atoms with Crippen LogP contribution < -0.4 is 4.90 Å². The van der Waals surface area contributed by atoms with Gasteiger partial charge in [-0.15, -0.1) is 0 Å². The van der Waals surface area contributed by atoms with E-state index >= 15 is 0 Å². The number of fused-ring (bicyclic) bond motifs is 1. The third-order valence-electron chi connectivity index (χ3n) is 6.19. The highest BCUT2D eigenvalue weighted by Crippen LogP contribution is 2.30. The lowest BCUT2D eigenvalue weighted by atomic mass is 10.2. The number of anilines is 1. The average molecular weight is 487 g/mol. The number of thiazole rings is 1. The van der Waals surface area contributed by atoms with Crippen molar-refractivity contribution in [3.05, 3.63) is 53.6 Å². The third kappa shape index (κ3) is 4.76. The molecule has 9 heteroatoms. The Labute approximate surface area is 199 Å². The normalized spacial score (nSPS) is 15.1. The summed E-state index contributed by atoms with van der Waals surface area (Å²) < 4.78 is 27.8. The molecule has 1 fully saturated rings. The van der Waals surface area contributed by atoms with Gasteiger partial charge in [-0.3, -0.25) is 4.79 Å². The van der Waals surface area contributed by atoms with Crippen molar-refractivity contribution < 1.29 is 13.2 Å². The first-order valence-corrected chi connectivity index (χ1v) is 13.5. The maximum absolute atomic E-state index is 13.0. The number of hydrogen-bond acceptors (Lipinski definition) is 6. The number of benzene rings is 2. The van der Waals surface area contributed by atoms with Crippen LogP contribution in [-0.2, 0) is 16.4 Å². The van der Waals surface area contributed by atoms with Crippen LogP contribution in [0.1, 0.15) is 36.7 Å². The largest absolute Gasteiger partial charge is 0.345 e. The first kappa shape index (κ1) is 23.7. The minimum absolute atomic E-state index is 0.0762. The summed E-state index contributed by atoms with van der Waals surface area (Å²) >= 11 is 1.70. The van der Waals surface area contributed by atoms with E-state index in [0.717, 1.165) is 30.2 Å². The number of aromatic nitrogens is 1. The van der Waals surface area contributed by atoms with E-state index < -0.39 is 10.0 Å². The van der Waals surface area contributed by atoms with Crippen molar-refractivity contribution in [2.24, 2.45) is 0 Å². The van der Waals surface area contributed by atoms with Crippen molar-refractivity contribution in [3.8, 4) is 0 Å². The topological polar surface area (TPSA) is 73.8 Å². The molecule has 2 aromatic carbocycles. The second-order valence-corrected chi connectivity index (χ2v) is 11.6. The van der Waals surface area contributed by atoms with E-state index in [4.69, 9.17) is 4.98 Å². The monoisotopic (exact) mass is 486 g/mol. The van der Waals surface area contributed by atoms with Gasteiger partial charge in [-0.2, -0.15) is 4.31 Å². The molecule has 176 valence electrons. The van der Waals surface area contributed by atoms with Gasteiger partial charge >= 0.3 is 0 Å². The van der Waals surface area contributed by atoms with Gasteiger partial charge in [0.1, 0.15) is 0 Å². The highest BCUT2D eigenvalue weighted by atomic mass is 32.2. The standard InChI is InChI=1S/C24H30N4O3S2/c1-5-18-6-11-21-22(16-18)32-24(25-21)28-14-12-27(13-15-28)23(29)19-7-9-20(10-8-19)33(30,31)26(4)17(2)3/h6-11,16-17H,5,12-15H2,1-4H3. The molecule has 0 unspecified atom stereocenters. The zero-order valence-electron chi connectivity index (χ0n) is 19.5. The van der Waals surface area contributed by atoms with Gasteiger partial charge < -0.3 is 9.80 Å². The molecular formula is C24H30N4O3S2. The Bertz CT molecular complexity index is 1240. The van der Waals surface area contributed by atoms with Gasteiger partial charge in [0.05, 0.1) is 15.1 Å². The van der Waals surface area contributed by atoms with Crippen molar-refractivity contribution in [3.63, 3.8) is 0 Å². The van der Waals surface area contributed by atoms with E-state index in [1.807, 2.05) is 18.7 Å². The zero-order chi connectivity index (χ0) is 23.8. The first-order valence-electron chi connectivity index (χ1n) is 11.2. The molecule has 3 aromatic rings. The van der Waals surface area contributed by atoms with Crippen LogP contribution in [-0.4, -0.2) is 67.8 Å². The van der Waals surface area contributed by atoms with E-state index in [0.29, 0.717) is 18.7 Å². The maximum Gasteiger partial charge on any atom is 0.253 e. The summed E-state index contributed by atoms with van der Waals surface area (Å²) in [5.41, 5.74) is 2.83. The molecule has 1 aliphatic heterocycles. The molecule has 1 saturated heterocycles. The molecule has 0 saturated carbocycles. The van der Waals surface area contributed by atoms with Gasteiger partial charge in [-0.05, 0) is 62.2 Å². The van der Waals surface area contributed by atoms with Crippen LogP contribution in [0.2, 0.25) is 0 Å². The summed E-state index contributed by atoms with van der Waals surface area (Å²) in [5.74, 6) is -0.0762. The Morgan fingerprint density at radius 1 is 1.09 bits per heavy atom. The summed E-state index contributed by atoms with van der Waals surface area (Å²) in [5, 5.41) is 0.995. The molecule has 1 aliphatic rings. The lowest BCUT2D eigenvalue weighted by molar-refractivity contribution is 0.0746. The van der Waals surface area contributed by atoms with Crippen molar-refractivity contribution in [1.82, 2.24) is 14.2 Å². The Morgan fingerprint density at radius 2 is 1.76 bits per heavy atom. The Morgan fingerprint density at radius 3 is 2.36 bits per heavy atom. The Kier molecular flexibility index (Phi) is 6.74. The molecule has 33 heavy (non-hydrogen) atoms. The number of aryl methyl sites for hydroxylation is 1. The number of carbonyl (C=O) groups is 1. The van der Waals surface area contributed by atoms with Gasteiger partial charge in [0.15, 0.2) is 5.13 Å². The summed E-state index contributed by atoms with van der Waals surface area (Å²) in [6, 6.07) is 12.5. The van der Waals surface area contributed by atoms with E-state index in [-0.39, 0.29) is 16.8 Å². The summed E-state index contributed by atoms with van der Waals surface area (Å²) in [7, 11) is -2.00. The van der Waals surface area contributed by atoms with Crippen LogP contribution in [0, 0.1) is 0 Å². The van der Waals surface area contributed by atoms with Crippen LogP contribution in [0.15, 0.2) is 47.4 Å². The van der Waals surface area contributed by atoms with Crippen LogP contribution in [0.4, 0.5) is 5.13 Å². The summed E-state index contributed by atoms with van der Waals surface area (Å²) in [6.45, 7) is 8.44. The minimum atomic E-state index is -3.56. The van der Waals surface area contributed by atoms with Gasteiger partial charge in [0.2, 0.25) is 10.0 Å². The number of sulfonamides is 1. The number of hydrogen-bond donors (Lipinski definition) is 0. The molecule has 0 spiro atoms. The van der Waals surface area contributed by atoms with E-state index in [2.05, 4.69) is 30.0 Å². The predicted molar refractivity (Wildman–Crippen MR) is 134 cm³/mol. The van der Waals surface area contributed by atoms with E-state index in [9.17, 15) is 13.2 Å². The SMILES string of the molecule is CCc1ccc2nc(N3CCN(C(=O)c4ccc(S(=O)(=O)N(C)C(C)C)cc4)CC3)sc2c1. The number of nitrogens with zero attached hydrogens (tertiary/aromatic N) is 4. The van der Waals surface area contributed by atoms with Crippen LogP contribution in [0.5, 0.6) is 0 Å². The second-order valence-electron chi connectivity index (χ2n) is 8.57. The van der Waals surface area contributed by atoms with Crippen LogP contribution in [0.25, 0.3) is 10.2 Å². The Hall–Kier alpha value is -2.49. The molecule has 7 nitrogen and oxygen atoms in total. The fraction of sp³-hybridized carbons (Fsp3) is 0.417. The molecule has 0 N–H and O–H groups in total. The van der Waals surface area contributed by atoms with Crippen molar-refractivity contribution in [1.29, 1.82) is 0 Å². The van der Waals surface area contributed by atoms with Crippen molar-refractivity contribution >= 4 is 42.6 Å². The second kappa shape index (κ2) is 9.40. The van der Waals surface area contributed by atoms with Crippen molar-refractivity contribution in [2.45, 2.75) is 38.1 Å². The molecular weight excluding hydrogens is 456 g/mol. The van der Waals surface area contributed by atoms with Crippen LogP contribution in [0.3, 0.4) is 0 Å². The van der Waals surface area contributed by atoms with Gasteiger partial charge in [-0.1, -0.05) is 24.3 Å². The van der Waals surface area contributed by atoms with Gasteiger partial charge in [-0.25, -0.2) is 13.4 Å². The average Bonchev–Trinajstić information content (AvgIpc) is 3.26. The summed E-state index contributed by atoms with van der Waals surface area (Å²) in [6.07, 6.45) is 1.01. The molecule has 2 heterocycles. The maximum atomic E-state index is 13.0. The molecule has 1 amide bonds. The highest BCUT2D eigenvalue weighted by Gasteiger charge is 2.26. The fourth-order valence-electron chi connectivity index (χ4n) is 3.81. The predicted octanol–water partition coefficient (Wildman–Crippen LogP) is 3.85. The molecule has 0 bridgehead atoms. The zero-order valence-corrected chi connectivity index (χ0v) is 21.1. The third-order valence-corrected chi connectivity index (χ3v) is 9.32. The molecule has 4 rings (SSSR count). The number of amides is 1. The molecule has 0 atom stereocenters. The molecule has 0 radical (unpaired) electrons. The molecule has 0 aliphatic carbocycles. The molecule has 1 aromatic heterocycles. The number of piperazine rings is 1. The van der Waals surface area contributed by atoms with Crippen molar-refractivity contribution in [2.75, 3.05) is 38.1 Å². The van der Waals surface area contributed by atoms with Crippen LogP contribution >= 0.6 is 11.3 Å². The Balaban J connectivity index is 1.41. The van der Waals surface area contributed by atoms with E-state index in [1.54, 1.807) is 30.5 Å². The quantitative estimate of drug-likeness (QED) is 0.529. The fourth-order valence-corrected chi connectivity index (χ4v) is 6.26. The number of rotatable bonds is 6. The van der Waals surface area contributed by atoms with Gasteiger partial charge in [0.25, 0.3) is 5.91 Å². The lowest BCUT2D eigenvalue weighted by Gasteiger charge is -2.34. The highest BCUT2D eigenvalue weighted by molar-refractivity contribution is 7.89.